The van der Waals surface area contributed by atoms with Crippen LogP contribution < -0.4 is 10.5 Å². The molecule has 0 fully saturated rings. The second-order valence-corrected chi connectivity index (χ2v) is 2.56. The molecule has 13 heavy (non-hydrogen) atoms. The Labute approximate surface area is 77.4 Å². The quantitative estimate of drug-likeness (QED) is 0.736. The van der Waals surface area contributed by atoms with Crippen LogP contribution >= 0.6 is 0 Å². The van der Waals surface area contributed by atoms with Gasteiger partial charge >= 0.3 is 0 Å². The topological polar surface area (TPSA) is 55.5 Å². The highest BCUT2D eigenvalue weighted by Gasteiger charge is 1.98. The maximum Gasteiger partial charge on any atom is 0.123 e. The third kappa shape index (κ3) is 2.49. The van der Waals surface area contributed by atoms with E-state index in [2.05, 4.69) is 0 Å². The fraction of sp³-hybridized carbons (Fsp3) is 0.200. The van der Waals surface area contributed by atoms with Crippen molar-refractivity contribution in [2.75, 3.05) is 13.7 Å². The summed E-state index contributed by atoms with van der Waals surface area (Å²) in [5, 5.41) is 9.41. The molecule has 0 heterocycles. The van der Waals surface area contributed by atoms with Gasteiger partial charge in [0, 0.05) is 12.1 Å². The first kappa shape index (κ1) is 9.61. The molecule has 0 spiro atoms. The lowest BCUT2D eigenvalue weighted by Crippen LogP contribution is -1.92. The summed E-state index contributed by atoms with van der Waals surface area (Å²) in [5.74, 6) is 0.944. The first-order valence-electron chi connectivity index (χ1n) is 4.01. The van der Waals surface area contributed by atoms with Crippen LogP contribution in [0.25, 0.3) is 6.08 Å². The Balaban J connectivity index is 2.97. The summed E-state index contributed by atoms with van der Waals surface area (Å²) in [5.41, 5.74) is 6.01. The maximum absolute atomic E-state index is 9.41. The summed E-state index contributed by atoms with van der Waals surface area (Å²) in [6.45, 7) is 0.455. The molecule has 3 heteroatoms. The minimum absolute atomic E-state index is 0.227. The van der Waals surface area contributed by atoms with E-state index in [0.717, 1.165) is 5.75 Å². The van der Waals surface area contributed by atoms with E-state index in [0.29, 0.717) is 12.1 Å². The number of hydrogen-bond acceptors (Lipinski definition) is 3. The van der Waals surface area contributed by atoms with Crippen LogP contribution in [0.1, 0.15) is 5.56 Å². The average molecular weight is 179 g/mol. The fourth-order valence-corrected chi connectivity index (χ4v) is 0.988. The minimum atomic E-state index is 0.227. The highest BCUT2D eigenvalue weighted by molar-refractivity contribution is 5.59. The molecule has 0 radical (unpaired) electrons. The van der Waals surface area contributed by atoms with Crippen molar-refractivity contribution in [3.8, 4) is 11.5 Å². The Hall–Kier alpha value is -1.48. The molecular weight excluding hydrogens is 166 g/mol. The van der Waals surface area contributed by atoms with E-state index < -0.39 is 0 Å². The van der Waals surface area contributed by atoms with Gasteiger partial charge in [-0.2, -0.15) is 0 Å². The zero-order valence-electron chi connectivity index (χ0n) is 7.53. The molecule has 1 rings (SSSR count). The van der Waals surface area contributed by atoms with Gasteiger partial charge in [-0.15, -0.1) is 0 Å². The Morgan fingerprint density at radius 3 is 2.92 bits per heavy atom. The lowest BCUT2D eigenvalue weighted by atomic mass is 10.2. The predicted molar refractivity (Wildman–Crippen MR) is 52.7 cm³/mol. The van der Waals surface area contributed by atoms with Crippen molar-refractivity contribution < 1.29 is 9.84 Å². The third-order valence-electron chi connectivity index (χ3n) is 1.67. The van der Waals surface area contributed by atoms with Crippen molar-refractivity contribution in [1.82, 2.24) is 0 Å². The van der Waals surface area contributed by atoms with Crippen molar-refractivity contribution in [1.29, 1.82) is 0 Å². The first-order valence-corrected chi connectivity index (χ1v) is 4.01. The van der Waals surface area contributed by atoms with Gasteiger partial charge in [-0.3, -0.25) is 0 Å². The van der Waals surface area contributed by atoms with Gasteiger partial charge in [-0.25, -0.2) is 0 Å². The number of methoxy groups -OCH3 is 1. The van der Waals surface area contributed by atoms with Gasteiger partial charge < -0.3 is 15.6 Å². The Bertz CT molecular complexity index is 308. The molecule has 3 nitrogen and oxygen atoms in total. The number of nitrogens with two attached hydrogens (primary N) is 1. The van der Waals surface area contributed by atoms with E-state index in [1.54, 1.807) is 37.5 Å². The molecule has 0 unspecified atom stereocenters. The summed E-state index contributed by atoms with van der Waals surface area (Å²) in [7, 11) is 1.59. The summed E-state index contributed by atoms with van der Waals surface area (Å²) in [6.07, 6.45) is 3.53. The molecule has 1 aromatic carbocycles. The summed E-state index contributed by atoms with van der Waals surface area (Å²) in [6, 6.07) is 5.05. The highest BCUT2D eigenvalue weighted by atomic mass is 16.5. The third-order valence-corrected chi connectivity index (χ3v) is 1.67. The normalized spacial score (nSPS) is 10.6. The Morgan fingerprint density at radius 1 is 1.54 bits per heavy atom. The SMILES string of the molecule is COc1ccc(O)c(/C=C/CN)c1. The zero-order chi connectivity index (χ0) is 9.68. The molecule has 0 saturated carbocycles. The number of rotatable bonds is 3. The highest BCUT2D eigenvalue weighted by Crippen LogP contribution is 2.23. The summed E-state index contributed by atoms with van der Waals surface area (Å²) in [4.78, 5) is 0. The molecule has 0 aliphatic heterocycles. The Kier molecular flexibility index (Phi) is 3.34. The Morgan fingerprint density at radius 2 is 2.31 bits per heavy atom. The van der Waals surface area contributed by atoms with E-state index in [1.165, 1.54) is 0 Å². The summed E-state index contributed by atoms with van der Waals surface area (Å²) >= 11 is 0. The van der Waals surface area contributed by atoms with E-state index in [-0.39, 0.29) is 5.75 Å². The first-order chi connectivity index (χ1) is 6.27. The minimum Gasteiger partial charge on any atom is -0.507 e. The van der Waals surface area contributed by atoms with Crippen LogP contribution in [0.15, 0.2) is 24.3 Å². The van der Waals surface area contributed by atoms with Crippen molar-refractivity contribution in [3.63, 3.8) is 0 Å². The van der Waals surface area contributed by atoms with Crippen molar-refractivity contribution in [2.24, 2.45) is 5.73 Å². The van der Waals surface area contributed by atoms with Crippen LogP contribution in [-0.2, 0) is 0 Å². The van der Waals surface area contributed by atoms with Gasteiger partial charge in [0.05, 0.1) is 7.11 Å². The molecule has 0 bridgehead atoms. The number of hydrogen-bond donors (Lipinski definition) is 2. The van der Waals surface area contributed by atoms with Gasteiger partial charge in [0.2, 0.25) is 0 Å². The van der Waals surface area contributed by atoms with Crippen molar-refractivity contribution >= 4 is 6.08 Å². The number of ether oxygens (including phenoxy) is 1. The molecule has 0 amide bonds. The van der Waals surface area contributed by atoms with Gasteiger partial charge in [0.25, 0.3) is 0 Å². The largest absolute Gasteiger partial charge is 0.507 e. The molecule has 3 N–H and O–H groups in total. The predicted octanol–water partition coefficient (Wildman–Crippen LogP) is 1.37. The monoisotopic (exact) mass is 179 g/mol. The van der Waals surface area contributed by atoms with E-state index in [4.69, 9.17) is 10.5 Å². The summed E-state index contributed by atoms with van der Waals surface area (Å²) < 4.78 is 5.01. The molecule has 0 aromatic heterocycles. The van der Waals surface area contributed by atoms with E-state index in [9.17, 15) is 5.11 Å². The number of benzene rings is 1. The molecule has 0 saturated heterocycles. The molecule has 0 aliphatic rings. The number of phenols is 1. The molecular formula is C10H13NO2. The van der Waals surface area contributed by atoms with Crippen LogP contribution in [0.2, 0.25) is 0 Å². The van der Waals surface area contributed by atoms with Crippen LogP contribution in [0.3, 0.4) is 0 Å². The molecule has 1 aromatic rings. The van der Waals surface area contributed by atoms with Gasteiger partial charge in [-0.05, 0) is 18.2 Å². The standard InChI is InChI=1S/C10H13NO2/c1-13-9-4-5-10(12)8(7-9)3-2-6-11/h2-5,7,12H,6,11H2,1H3/b3-2+. The zero-order valence-corrected chi connectivity index (χ0v) is 7.53. The second kappa shape index (κ2) is 4.52. The van der Waals surface area contributed by atoms with Gasteiger partial charge in [0.1, 0.15) is 11.5 Å². The fourth-order valence-electron chi connectivity index (χ4n) is 0.988. The maximum atomic E-state index is 9.41. The lowest BCUT2D eigenvalue weighted by Gasteiger charge is -2.02. The number of phenolic OH excluding ortho intramolecular Hbond substituents is 1. The molecule has 0 aliphatic carbocycles. The number of aromatic hydroxyl groups is 1. The van der Waals surface area contributed by atoms with E-state index in [1.807, 2.05) is 0 Å². The van der Waals surface area contributed by atoms with E-state index >= 15 is 0 Å². The molecule has 70 valence electrons. The van der Waals surface area contributed by atoms with Crippen LogP contribution in [0, 0.1) is 0 Å². The van der Waals surface area contributed by atoms with Gasteiger partial charge in [0.15, 0.2) is 0 Å². The van der Waals surface area contributed by atoms with Crippen LogP contribution in [0.5, 0.6) is 11.5 Å². The second-order valence-electron chi connectivity index (χ2n) is 2.56. The van der Waals surface area contributed by atoms with Crippen molar-refractivity contribution in [2.45, 2.75) is 0 Å². The van der Waals surface area contributed by atoms with Crippen LogP contribution in [0.4, 0.5) is 0 Å². The van der Waals surface area contributed by atoms with Gasteiger partial charge in [-0.1, -0.05) is 12.2 Å². The average Bonchev–Trinajstić information content (AvgIpc) is 2.17. The van der Waals surface area contributed by atoms with Crippen LogP contribution in [-0.4, -0.2) is 18.8 Å². The molecule has 0 atom stereocenters. The smallest absolute Gasteiger partial charge is 0.123 e. The van der Waals surface area contributed by atoms with Crippen molar-refractivity contribution in [3.05, 3.63) is 29.8 Å². The lowest BCUT2D eigenvalue weighted by molar-refractivity contribution is 0.412.